The molecule has 1 heterocycles. The van der Waals surface area contributed by atoms with Crippen LogP contribution in [0.2, 0.25) is 0 Å². The van der Waals surface area contributed by atoms with Gasteiger partial charge in [0.25, 0.3) is 0 Å². The van der Waals surface area contributed by atoms with E-state index in [0.717, 1.165) is 17.9 Å². The van der Waals surface area contributed by atoms with Crippen LogP contribution in [-0.2, 0) is 6.54 Å². The number of nitrogens with zero attached hydrogens (tertiary/aromatic N) is 2. The summed E-state index contributed by atoms with van der Waals surface area (Å²) in [6.45, 7) is 11.7. The van der Waals surface area contributed by atoms with Gasteiger partial charge in [0.1, 0.15) is 0 Å². The molecule has 1 aromatic heterocycles. The zero-order valence-electron chi connectivity index (χ0n) is 13.1. The highest BCUT2D eigenvalue weighted by molar-refractivity contribution is 5.36. The van der Waals surface area contributed by atoms with E-state index in [1.165, 1.54) is 5.56 Å². The Morgan fingerprint density at radius 1 is 1.20 bits per heavy atom. The van der Waals surface area contributed by atoms with Gasteiger partial charge in [-0.3, -0.25) is 0 Å². The number of benzene rings is 1. The second kappa shape index (κ2) is 5.80. The highest BCUT2D eigenvalue weighted by Crippen LogP contribution is 2.18. The van der Waals surface area contributed by atoms with Crippen molar-refractivity contribution in [2.24, 2.45) is 0 Å². The van der Waals surface area contributed by atoms with Crippen molar-refractivity contribution in [1.82, 2.24) is 15.1 Å². The molecular formula is C17H25N3. The van der Waals surface area contributed by atoms with Crippen LogP contribution in [0.4, 0.5) is 0 Å². The van der Waals surface area contributed by atoms with Crippen molar-refractivity contribution in [3.8, 4) is 5.69 Å². The lowest BCUT2D eigenvalue weighted by molar-refractivity contribution is 0.420. The maximum atomic E-state index is 4.64. The van der Waals surface area contributed by atoms with Crippen molar-refractivity contribution in [2.45, 2.75) is 52.6 Å². The normalized spacial score (nSPS) is 12.1. The summed E-state index contributed by atoms with van der Waals surface area (Å²) in [7, 11) is 0. The summed E-state index contributed by atoms with van der Waals surface area (Å²) in [5, 5.41) is 8.09. The van der Waals surface area contributed by atoms with E-state index in [-0.39, 0.29) is 5.54 Å². The van der Waals surface area contributed by atoms with Gasteiger partial charge in [0.2, 0.25) is 0 Å². The van der Waals surface area contributed by atoms with Crippen LogP contribution in [0.1, 0.15) is 51.8 Å². The molecule has 108 valence electrons. The number of hydrogen-bond donors (Lipinski definition) is 1. The van der Waals surface area contributed by atoms with E-state index in [1.54, 1.807) is 0 Å². The maximum absolute atomic E-state index is 4.64. The van der Waals surface area contributed by atoms with Crippen LogP contribution in [0.15, 0.2) is 36.5 Å². The highest BCUT2D eigenvalue weighted by Gasteiger charge is 2.10. The molecule has 0 amide bonds. The summed E-state index contributed by atoms with van der Waals surface area (Å²) < 4.78 is 1.95. The van der Waals surface area contributed by atoms with E-state index in [4.69, 9.17) is 0 Å². The molecule has 0 spiro atoms. The topological polar surface area (TPSA) is 29.9 Å². The first kappa shape index (κ1) is 14.8. The molecule has 0 aliphatic rings. The molecule has 0 aliphatic carbocycles. The third-order valence-electron chi connectivity index (χ3n) is 3.25. The van der Waals surface area contributed by atoms with E-state index in [2.05, 4.69) is 75.4 Å². The second-order valence-electron chi connectivity index (χ2n) is 6.60. The molecule has 0 saturated heterocycles. The van der Waals surface area contributed by atoms with E-state index in [1.807, 2.05) is 10.9 Å². The smallest absolute Gasteiger partial charge is 0.0767 e. The van der Waals surface area contributed by atoms with Crippen LogP contribution in [0.5, 0.6) is 0 Å². The van der Waals surface area contributed by atoms with Gasteiger partial charge in [-0.15, -0.1) is 0 Å². The van der Waals surface area contributed by atoms with Crippen LogP contribution in [0.25, 0.3) is 5.69 Å². The Kier molecular flexibility index (Phi) is 4.29. The van der Waals surface area contributed by atoms with Gasteiger partial charge in [-0.2, -0.15) is 5.10 Å². The molecule has 0 unspecified atom stereocenters. The Labute approximate surface area is 122 Å². The molecule has 0 fully saturated rings. The van der Waals surface area contributed by atoms with Gasteiger partial charge in [0, 0.05) is 18.3 Å². The molecule has 0 radical (unpaired) electrons. The van der Waals surface area contributed by atoms with E-state index >= 15 is 0 Å². The summed E-state index contributed by atoms with van der Waals surface area (Å²) in [6.07, 6.45) is 2.03. The molecule has 20 heavy (non-hydrogen) atoms. The van der Waals surface area contributed by atoms with Gasteiger partial charge >= 0.3 is 0 Å². The second-order valence-corrected chi connectivity index (χ2v) is 6.60. The fraction of sp³-hybridized carbons (Fsp3) is 0.471. The Balaban J connectivity index is 2.14. The van der Waals surface area contributed by atoms with Crippen LogP contribution in [0, 0.1) is 0 Å². The van der Waals surface area contributed by atoms with Crippen LogP contribution >= 0.6 is 0 Å². The van der Waals surface area contributed by atoms with Crippen molar-refractivity contribution in [3.63, 3.8) is 0 Å². The maximum Gasteiger partial charge on any atom is 0.0767 e. The summed E-state index contributed by atoms with van der Waals surface area (Å²) >= 11 is 0. The molecule has 2 aromatic rings. The first-order chi connectivity index (χ1) is 9.35. The minimum absolute atomic E-state index is 0.112. The third-order valence-corrected chi connectivity index (χ3v) is 3.25. The van der Waals surface area contributed by atoms with Crippen molar-refractivity contribution < 1.29 is 0 Å². The predicted molar refractivity (Wildman–Crippen MR) is 84.2 cm³/mol. The predicted octanol–water partition coefficient (Wildman–Crippen LogP) is 3.88. The fourth-order valence-corrected chi connectivity index (χ4v) is 1.98. The van der Waals surface area contributed by atoms with Gasteiger partial charge in [-0.25, -0.2) is 4.68 Å². The van der Waals surface area contributed by atoms with Crippen molar-refractivity contribution in [2.75, 3.05) is 0 Å². The molecule has 1 aromatic carbocycles. The highest BCUT2D eigenvalue weighted by atomic mass is 15.3. The van der Waals surface area contributed by atoms with Gasteiger partial charge in [-0.05, 0) is 50.5 Å². The molecule has 0 atom stereocenters. The lowest BCUT2D eigenvalue weighted by Crippen LogP contribution is -2.35. The standard InChI is InChI=1S/C17H25N3/c1-13(2)14-7-6-8-16(11-14)20-10-9-15(19-20)12-18-17(3,4)5/h6-11,13,18H,12H2,1-5H3. The van der Waals surface area contributed by atoms with Crippen LogP contribution < -0.4 is 5.32 Å². The number of nitrogens with one attached hydrogen (secondary N) is 1. The number of aromatic nitrogens is 2. The lowest BCUT2D eigenvalue weighted by atomic mass is 10.0. The van der Waals surface area contributed by atoms with Gasteiger partial charge in [-0.1, -0.05) is 26.0 Å². The zero-order valence-corrected chi connectivity index (χ0v) is 13.1. The number of hydrogen-bond acceptors (Lipinski definition) is 2. The van der Waals surface area contributed by atoms with E-state index in [9.17, 15) is 0 Å². The molecule has 3 nitrogen and oxygen atoms in total. The molecule has 2 rings (SSSR count). The Morgan fingerprint density at radius 2 is 1.95 bits per heavy atom. The minimum atomic E-state index is 0.112. The van der Waals surface area contributed by atoms with Crippen molar-refractivity contribution in [3.05, 3.63) is 47.8 Å². The Morgan fingerprint density at radius 3 is 2.60 bits per heavy atom. The first-order valence-corrected chi connectivity index (χ1v) is 7.25. The van der Waals surface area contributed by atoms with Crippen LogP contribution in [-0.4, -0.2) is 15.3 Å². The molecule has 0 saturated carbocycles. The summed E-state index contributed by atoms with van der Waals surface area (Å²) in [6, 6.07) is 10.6. The van der Waals surface area contributed by atoms with Crippen molar-refractivity contribution >= 4 is 0 Å². The minimum Gasteiger partial charge on any atom is -0.306 e. The lowest BCUT2D eigenvalue weighted by Gasteiger charge is -2.19. The monoisotopic (exact) mass is 271 g/mol. The molecule has 0 bridgehead atoms. The Hall–Kier alpha value is -1.61. The third kappa shape index (κ3) is 3.94. The zero-order chi connectivity index (χ0) is 14.8. The van der Waals surface area contributed by atoms with Gasteiger partial charge in [0.05, 0.1) is 11.4 Å². The molecule has 1 N–H and O–H groups in total. The summed E-state index contributed by atoms with van der Waals surface area (Å²) in [4.78, 5) is 0. The van der Waals surface area contributed by atoms with Gasteiger partial charge in [0.15, 0.2) is 0 Å². The summed E-state index contributed by atoms with van der Waals surface area (Å²) in [5.74, 6) is 0.535. The molecule has 0 aliphatic heterocycles. The largest absolute Gasteiger partial charge is 0.306 e. The fourth-order valence-electron chi connectivity index (χ4n) is 1.98. The van der Waals surface area contributed by atoms with Crippen molar-refractivity contribution in [1.29, 1.82) is 0 Å². The summed E-state index contributed by atoms with van der Waals surface area (Å²) in [5.41, 5.74) is 3.64. The van der Waals surface area contributed by atoms with Gasteiger partial charge < -0.3 is 5.32 Å². The van der Waals surface area contributed by atoms with E-state index < -0.39 is 0 Å². The molecule has 3 heteroatoms. The first-order valence-electron chi connectivity index (χ1n) is 7.25. The Bertz CT molecular complexity index is 562. The quantitative estimate of drug-likeness (QED) is 0.914. The van der Waals surface area contributed by atoms with E-state index in [0.29, 0.717) is 5.92 Å². The molecular weight excluding hydrogens is 246 g/mol. The average molecular weight is 271 g/mol. The van der Waals surface area contributed by atoms with Crippen LogP contribution in [0.3, 0.4) is 0 Å². The SMILES string of the molecule is CC(C)c1cccc(-n2ccc(CNC(C)(C)C)n2)c1. The number of rotatable bonds is 4. The average Bonchev–Trinajstić information content (AvgIpc) is 2.84.